The molecule has 7 nitrogen and oxygen atoms in total. The van der Waals surface area contributed by atoms with Gasteiger partial charge in [-0.05, 0) is 23.3 Å². The third-order valence-electron chi connectivity index (χ3n) is 4.58. The molecule has 0 amide bonds. The SMILES string of the molecule is CN(Cc1cnn(-c2ccccc2)n1)C1=NCC(c2ccc(CO)cc2)N1.I. The minimum atomic E-state index is 0. The van der Waals surface area contributed by atoms with Crippen LogP contribution in [0.15, 0.2) is 65.8 Å². The van der Waals surface area contributed by atoms with Crippen LogP contribution in [-0.4, -0.2) is 44.6 Å². The van der Waals surface area contributed by atoms with Crippen LogP contribution in [0.2, 0.25) is 0 Å². The first-order chi connectivity index (χ1) is 13.2. The predicted octanol–water partition coefficient (Wildman–Crippen LogP) is 2.51. The molecule has 1 aliphatic rings. The topological polar surface area (TPSA) is 78.6 Å². The van der Waals surface area contributed by atoms with E-state index in [1.165, 1.54) is 0 Å². The quantitative estimate of drug-likeness (QED) is 0.538. The van der Waals surface area contributed by atoms with Gasteiger partial charge in [0.1, 0.15) is 5.69 Å². The molecule has 1 unspecified atom stereocenters. The molecular weight excluding hydrogens is 467 g/mol. The van der Waals surface area contributed by atoms with Gasteiger partial charge in [0, 0.05) is 7.05 Å². The number of rotatable bonds is 5. The molecular formula is C20H23IN6O. The smallest absolute Gasteiger partial charge is 0.194 e. The molecule has 3 aromatic rings. The highest BCUT2D eigenvalue weighted by molar-refractivity contribution is 14.0. The zero-order valence-electron chi connectivity index (χ0n) is 15.6. The molecule has 146 valence electrons. The van der Waals surface area contributed by atoms with Gasteiger partial charge in [-0.1, -0.05) is 42.5 Å². The van der Waals surface area contributed by atoms with Crippen LogP contribution in [-0.2, 0) is 13.2 Å². The van der Waals surface area contributed by atoms with Crippen molar-refractivity contribution >= 4 is 29.9 Å². The van der Waals surface area contributed by atoms with Crippen molar-refractivity contribution in [2.75, 3.05) is 13.6 Å². The fourth-order valence-corrected chi connectivity index (χ4v) is 3.07. The molecule has 2 heterocycles. The Morgan fingerprint density at radius 1 is 1.14 bits per heavy atom. The minimum absolute atomic E-state index is 0. The molecule has 2 N–H and O–H groups in total. The lowest BCUT2D eigenvalue weighted by Gasteiger charge is -2.20. The lowest BCUT2D eigenvalue weighted by molar-refractivity contribution is 0.282. The van der Waals surface area contributed by atoms with Crippen LogP contribution in [0.5, 0.6) is 0 Å². The average molecular weight is 490 g/mol. The highest BCUT2D eigenvalue weighted by atomic mass is 127. The van der Waals surface area contributed by atoms with Gasteiger partial charge in [-0.15, -0.1) is 24.0 Å². The summed E-state index contributed by atoms with van der Waals surface area (Å²) in [5, 5.41) is 21.5. The number of hydrogen-bond donors (Lipinski definition) is 2. The van der Waals surface area contributed by atoms with E-state index in [2.05, 4.69) is 20.5 Å². The summed E-state index contributed by atoms with van der Waals surface area (Å²) in [5.41, 5.74) is 3.89. The molecule has 0 bridgehead atoms. The maximum atomic E-state index is 9.17. The summed E-state index contributed by atoms with van der Waals surface area (Å²) < 4.78 is 0. The molecule has 0 fully saturated rings. The van der Waals surface area contributed by atoms with E-state index in [0.717, 1.165) is 28.5 Å². The van der Waals surface area contributed by atoms with E-state index in [1.54, 1.807) is 11.0 Å². The van der Waals surface area contributed by atoms with E-state index in [-0.39, 0.29) is 36.6 Å². The molecule has 1 atom stereocenters. The Morgan fingerprint density at radius 3 is 2.61 bits per heavy atom. The zero-order valence-corrected chi connectivity index (χ0v) is 17.9. The van der Waals surface area contributed by atoms with E-state index in [9.17, 15) is 0 Å². The second kappa shape index (κ2) is 9.16. The van der Waals surface area contributed by atoms with Crippen molar-refractivity contribution in [3.8, 4) is 5.69 Å². The number of halogens is 1. The van der Waals surface area contributed by atoms with Crippen LogP contribution in [0.3, 0.4) is 0 Å². The average Bonchev–Trinajstić information content (AvgIpc) is 3.39. The molecule has 1 aromatic heterocycles. The molecule has 8 heteroatoms. The first-order valence-electron chi connectivity index (χ1n) is 8.91. The van der Waals surface area contributed by atoms with Crippen LogP contribution in [0.25, 0.3) is 5.69 Å². The molecule has 0 radical (unpaired) electrons. The molecule has 2 aromatic carbocycles. The Labute approximate surface area is 181 Å². The van der Waals surface area contributed by atoms with Gasteiger partial charge in [-0.25, -0.2) is 0 Å². The van der Waals surface area contributed by atoms with Crippen molar-refractivity contribution in [2.45, 2.75) is 19.2 Å². The molecule has 0 saturated carbocycles. The Bertz CT molecular complexity index is 925. The number of benzene rings is 2. The number of nitrogens with one attached hydrogen (secondary N) is 1. The minimum Gasteiger partial charge on any atom is -0.392 e. The normalized spacial score (nSPS) is 15.5. The summed E-state index contributed by atoms with van der Waals surface area (Å²) in [4.78, 5) is 8.30. The van der Waals surface area contributed by atoms with Crippen molar-refractivity contribution in [1.29, 1.82) is 0 Å². The monoisotopic (exact) mass is 490 g/mol. The number of aromatic nitrogens is 3. The molecule has 28 heavy (non-hydrogen) atoms. The van der Waals surface area contributed by atoms with Gasteiger partial charge >= 0.3 is 0 Å². The lowest BCUT2D eigenvalue weighted by atomic mass is 10.1. The van der Waals surface area contributed by atoms with Gasteiger partial charge in [-0.3, -0.25) is 4.99 Å². The summed E-state index contributed by atoms with van der Waals surface area (Å²) in [7, 11) is 1.99. The lowest BCUT2D eigenvalue weighted by Crippen LogP contribution is -2.36. The maximum Gasteiger partial charge on any atom is 0.194 e. The second-order valence-electron chi connectivity index (χ2n) is 6.58. The van der Waals surface area contributed by atoms with E-state index in [0.29, 0.717) is 13.1 Å². The Balaban J connectivity index is 0.00000225. The van der Waals surface area contributed by atoms with E-state index in [1.807, 2.05) is 66.5 Å². The van der Waals surface area contributed by atoms with Crippen molar-refractivity contribution in [1.82, 2.24) is 25.2 Å². The first-order valence-corrected chi connectivity index (χ1v) is 8.91. The third-order valence-corrected chi connectivity index (χ3v) is 4.58. The fraction of sp³-hybridized carbons (Fsp3) is 0.250. The van der Waals surface area contributed by atoms with Gasteiger partial charge in [-0.2, -0.15) is 15.0 Å². The summed E-state index contributed by atoms with van der Waals surface area (Å²) in [6.45, 7) is 1.37. The number of nitrogens with zero attached hydrogens (tertiary/aromatic N) is 5. The molecule has 0 spiro atoms. The zero-order chi connectivity index (χ0) is 18.6. The molecule has 1 aliphatic heterocycles. The van der Waals surface area contributed by atoms with Crippen molar-refractivity contribution in [3.05, 3.63) is 77.6 Å². The highest BCUT2D eigenvalue weighted by Crippen LogP contribution is 2.19. The number of aliphatic hydroxyl groups is 1. The number of para-hydroxylation sites is 1. The third kappa shape index (κ3) is 4.50. The first kappa shape index (κ1) is 20.3. The van der Waals surface area contributed by atoms with Gasteiger partial charge in [0.15, 0.2) is 5.96 Å². The van der Waals surface area contributed by atoms with Gasteiger partial charge in [0.25, 0.3) is 0 Å². The number of hydrogen-bond acceptors (Lipinski definition) is 6. The fourth-order valence-electron chi connectivity index (χ4n) is 3.07. The number of aliphatic hydroxyl groups excluding tert-OH is 1. The highest BCUT2D eigenvalue weighted by Gasteiger charge is 2.22. The van der Waals surface area contributed by atoms with E-state index in [4.69, 9.17) is 5.11 Å². The van der Waals surface area contributed by atoms with Crippen LogP contribution in [0.4, 0.5) is 0 Å². The largest absolute Gasteiger partial charge is 0.392 e. The van der Waals surface area contributed by atoms with Crippen molar-refractivity contribution in [3.63, 3.8) is 0 Å². The van der Waals surface area contributed by atoms with Crippen LogP contribution < -0.4 is 5.32 Å². The number of guanidine groups is 1. The summed E-state index contributed by atoms with van der Waals surface area (Å²) in [5.74, 6) is 0.848. The molecule has 0 saturated heterocycles. The van der Waals surface area contributed by atoms with Crippen LogP contribution in [0, 0.1) is 0 Å². The second-order valence-corrected chi connectivity index (χ2v) is 6.58. The Morgan fingerprint density at radius 2 is 1.89 bits per heavy atom. The van der Waals surface area contributed by atoms with Crippen LogP contribution in [0.1, 0.15) is 22.9 Å². The van der Waals surface area contributed by atoms with E-state index >= 15 is 0 Å². The summed E-state index contributed by atoms with van der Waals surface area (Å²) in [6.07, 6.45) is 1.78. The predicted molar refractivity (Wildman–Crippen MR) is 119 cm³/mol. The van der Waals surface area contributed by atoms with Crippen molar-refractivity contribution in [2.24, 2.45) is 4.99 Å². The van der Waals surface area contributed by atoms with E-state index < -0.39 is 0 Å². The summed E-state index contributed by atoms with van der Waals surface area (Å²) >= 11 is 0. The Kier molecular flexibility index (Phi) is 6.63. The molecule has 4 rings (SSSR count). The standard InChI is InChI=1S/C20H22N6O.HI/c1-25(13-17-11-22-26(24-17)18-5-3-2-4-6-18)20-21-12-19(23-20)16-9-7-15(14-27)8-10-16;/h2-11,19,27H,12-14H2,1H3,(H,21,23);1H. The van der Waals surface area contributed by atoms with Crippen LogP contribution >= 0.6 is 24.0 Å². The van der Waals surface area contributed by atoms with Gasteiger partial charge in [0.2, 0.25) is 0 Å². The summed E-state index contributed by atoms with van der Waals surface area (Å²) in [6, 6.07) is 18.0. The van der Waals surface area contributed by atoms with Gasteiger partial charge in [0.05, 0.1) is 37.6 Å². The number of aliphatic imine (C=N–C) groups is 1. The van der Waals surface area contributed by atoms with Gasteiger partial charge < -0.3 is 15.3 Å². The maximum absolute atomic E-state index is 9.17. The van der Waals surface area contributed by atoms with Crippen molar-refractivity contribution < 1.29 is 5.11 Å². The Hall–Kier alpha value is -2.46. The molecule has 0 aliphatic carbocycles.